The van der Waals surface area contributed by atoms with Gasteiger partial charge in [0.25, 0.3) is 0 Å². The van der Waals surface area contributed by atoms with E-state index in [4.69, 9.17) is 4.74 Å². The van der Waals surface area contributed by atoms with Crippen molar-refractivity contribution in [3.8, 4) is 5.75 Å². The van der Waals surface area contributed by atoms with E-state index in [0.717, 1.165) is 19.3 Å². The van der Waals surface area contributed by atoms with E-state index in [1.807, 2.05) is 13.8 Å². The van der Waals surface area contributed by atoms with Crippen molar-refractivity contribution in [2.75, 3.05) is 0 Å². The van der Waals surface area contributed by atoms with Crippen molar-refractivity contribution in [2.24, 2.45) is 29.6 Å². The largest absolute Gasteiger partial charge is 0.508 e. The van der Waals surface area contributed by atoms with Crippen LogP contribution in [0.4, 0.5) is 0 Å². The zero-order valence-electron chi connectivity index (χ0n) is 33.2. The van der Waals surface area contributed by atoms with Gasteiger partial charge in [-0.1, -0.05) is 86.4 Å². The van der Waals surface area contributed by atoms with Crippen LogP contribution in [0.1, 0.15) is 107 Å². The van der Waals surface area contributed by atoms with Crippen molar-refractivity contribution < 1.29 is 38.6 Å². The third-order valence-corrected chi connectivity index (χ3v) is 9.49. The summed E-state index contributed by atoms with van der Waals surface area (Å²) in [4.78, 5) is 82.4. The second kappa shape index (κ2) is 21.3. The molecule has 13 heteroatoms. The van der Waals surface area contributed by atoms with Crippen molar-refractivity contribution in [3.63, 3.8) is 0 Å². The molecular weight excluding hydrogens is 678 g/mol. The zero-order chi connectivity index (χ0) is 40.0. The van der Waals surface area contributed by atoms with Crippen LogP contribution in [0.5, 0.6) is 5.75 Å². The van der Waals surface area contributed by atoms with Gasteiger partial charge in [0, 0.05) is 12.3 Å². The number of benzene rings is 1. The molecule has 1 heterocycles. The number of carbonyl (C=O) groups is 6. The summed E-state index contributed by atoms with van der Waals surface area (Å²) in [7, 11) is 0. The van der Waals surface area contributed by atoms with Crippen molar-refractivity contribution in [3.05, 3.63) is 41.6 Å². The fraction of sp³-hybridized carbons (Fsp3) is 0.650. The first kappa shape index (κ1) is 44.7. The van der Waals surface area contributed by atoms with Crippen molar-refractivity contribution >= 4 is 35.5 Å². The molecule has 0 radical (unpaired) electrons. The number of nitrogens with one attached hydrogen (secondary N) is 5. The van der Waals surface area contributed by atoms with Crippen molar-refractivity contribution in [2.45, 2.75) is 138 Å². The van der Waals surface area contributed by atoms with Gasteiger partial charge < -0.3 is 36.4 Å². The van der Waals surface area contributed by atoms with E-state index < -0.39 is 77.6 Å². The van der Waals surface area contributed by atoms with Gasteiger partial charge in [-0.3, -0.25) is 24.0 Å². The number of hydrogen-bond acceptors (Lipinski definition) is 8. The number of rotatable bonds is 13. The SMILES string of the molecule is CC=C1NC(=O)C(Cc2ccc(O)cc2)NC(=O)C(C(C)C)NC(=O)C(CC(C)C)NC(=O)C(NC(=O)C(C)CC(C)CC(C)CCC)C(C)OC1=O. The predicted molar refractivity (Wildman–Crippen MR) is 203 cm³/mol. The Morgan fingerprint density at radius 2 is 1.47 bits per heavy atom. The van der Waals surface area contributed by atoms with Gasteiger partial charge in [-0.25, -0.2) is 4.79 Å². The summed E-state index contributed by atoms with van der Waals surface area (Å²) in [5, 5.41) is 23.3. The first-order valence-corrected chi connectivity index (χ1v) is 19.0. The zero-order valence-corrected chi connectivity index (χ0v) is 33.2. The molecule has 2 rings (SSSR count). The van der Waals surface area contributed by atoms with E-state index in [-0.39, 0.29) is 36.1 Å². The molecule has 296 valence electrons. The Morgan fingerprint density at radius 1 is 0.849 bits per heavy atom. The third kappa shape index (κ3) is 14.5. The summed E-state index contributed by atoms with van der Waals surface area (Å²) in [6.45, 7) is 18.4. The van der Waals surface area contributed by atoms with Crippen LogP contribution < -0.4 is 26.6 Å². The number of cyclic esters (lactones) is 1. The minimum absolute atomic E-state index is 0.00643. The first-order valence-electron chi connectivity index (χ1n) is 19.0. The molecular formula is C40H63N5O8. The Morgan fingerprint density at radius 3 is 2.04 bits per heavy atom. The molecule has 1 aromatic carbocycles. The van der Waals surface area contributed by atoms with Gasteiger partial charge in [-0.05, 0) is 74.5 Å². The maximum atomic E-state index is 14.0. The maximum Gasteiger partial charge on any atom is 0.354 e. The van der Waals surface area contributed by atoms with E-state index in [2.05, 4.69) is 47.4 Å². The number of amides is 5. The molecule has 1 aliphatic rings. The summed E-state index contributed by atoms with van der Waals surface area (Å²) in [5.74, 6) is -4.28. The fourth-order valence-electron chi connectivity index (χ4n) is 6.65. The highest BCUT2D eigenvalue weighted by molar-refractivity contribution is 5.99. The number of hydrogen-bond donors (Lipinski definition) is 6. The third-order valence-electron chi connectivity index (χ3n) is 9.49. The van der Waals surface area contributed by atoms with Crippen LogP contribution in [-0.4, -0.2) is 70.9 Å². The van der Waals surface area contributed by atoms with Gasteiger partial charge in [-0.2, -0.15) is 0 Å². The molecule has 0 saturated carbocycles. The normalized spacial score (nSPS) is 24.8. The standard InChI is InChI=1S/C40H63N5O8/c1-11-13-24(7)19-25(8)20-26(9)35(47)45-34-27(10)53-40(52)30(12-2)41-36(48)32(21-28-14-16-29(46)17-15-28)43-38(50)33(23(5)6)44-37(49)31(18-22(3)4)42-39(34)51/h12,14-17,22-27,31-34,46H,11,13,18-21H2,1-10H3,(H,41,48)(H,42,51)(H,43,50)(H,44,49)(H,45,47). The summed E-state index contributed by atoms with van der Waals surface area (Å²) >= 11 is 0. The van der Waals surface area contributed by atoms with Crippen LogP contribution in [0, 0.1) is 29.6 Å². The number of esters is 1. The fourth-order valence-corrected chi connectivity index (χ4v) is 6.65. The van der Waals surface area contributed by atoms with Gasteiger partial charge in [0.15, 0.2) is 0 Å². The Labute approximate surface area is 315 Å². The van der Waals surface area contributed by atoms with Gasteiger partial charge in [0.05, 0.1) is 0 Å². The molecule has 0 aromatic heterocycles. The molecule has 0 aliphatic carbocycles. The van der Waals surface area contributed by atoms with Crippen LogP contribution in [0.3, 0.4) is 0 Å². The molecule has 1 fully saturated rings. The van der Waals surface area contributed by atoms with E-state index in [9.17, 15) is 33.9 Å². The Bertz CT molecular complexity index is 1440. The average molecular weight is 742 g/mol. The minimum atomic E-state index is -1.39. The second-order valence-electron chi connectivity index (χ2n) is 15.5. The van der Waals surface area contributed by atoms with Crippen LogP contribution in [0.25, 0.3) is 0 Å². The highest BCUT2D eigenvalue weighted by Gasteiger charge is 2.37. The second-order valence-corrected chi connectivity index (χ2v) is 15.5. The molecule has 8 atom stereocenters. The highest BCUT2D eigenvalue weighted by Crippen LogP contribution is 2.23. The smallest absolute Gasteiger partial charge is 0.354 e. The van der Waals surface area contributed by atoms with Crippen molar-refractivity contribution in [1.29, 1.82) is 0 Å². The lowest BCUT2D eigenvalue weighted by Crippen LogP contribution is -2.61. The number of ether oxygens (including phenoxy) is 1. The summed E-state index contributed by atoms with van der Waals surface area (Å²) < 4.78 is 5.69. The number of phenolic OH excluding ortho intramolecular Hbond substituents is 1. The number of aromatic hydroxyl groups is 1. The lowest BCUT2D eigenvalue weighted by molar-refractivity contribution is -0.150. The molecule has 1 aliphatic heterocycles. The van der Waals surface area contributed by atoms with Crippen LogP contribution in [0.2, 0.25) is 0 Å². The number of carbonyl (C=O) groups excluding carboxylic acids is 6. The van der Waals surface area contributed by atoms with Gasteiger partial charge in [-0.15, -0.1) is 0 Å². The first-order chi connectivity index (χ1) is 24.9. The molecule has 1 aromatic rings. The quantitative estimate of drug-likeness (QED) is 0.129. The molecule has 0 bridgehead atoms. The van der Waals surface area contributed by atoms with E-state index in [0.29, 0.717) is 17.9 Å². The lowest BCUT2D eigenvalue weighted by Gasteiger charge is -2.31. The van der Waals surface area contributed by atoms with E-state index >= 15 is 0 Å². The van der Waals surface area contributed by atoms with Crippen LogP contribution in [-0.2, 0) is 39.9 Å². The minimum Gasteiger partial charge on any atom is -0.508 e. The number of allylic oxidation sites excluding steroid dienone is 1. The summed E-state index contributed by atoms with van der Waals surface area (Å²) in [6, 6.07) is 1.31. The van der Waals surface area contributed by atoms with E-state index in [1.165, 1.54) is 32.1 Å². The summed E-state index contributed by atoms with van der Waals surface area (Å²) in [5.41, 5.74) is 0.373. The Kier molecular flexibility index (Phi) is 18.0. The molecule has 0 spiro atoms. The molecule has 8 unspecified atom stereocenters. The van der Waals surface area contributed by atoms with Crippen LogP contribution in [0.15, 0.2) is 36.0 Å². The monoisotopic (exact) mass is 741 g/mol. The van der Waals surface area contributed by atoms with Gasteiger partial charge in [0.2, 0.25) is 29.5 Å². The Hall–Kier alpha value is -4.42. The van der Waals surface area contributed by atoms with E-state index in [1.54, 1.807) is 32.9 Å². The maximum absolute atomic E-state index is 14.0. The highest BCUT2D eigenvalue weighted by atomic mass is 16.5. The average Bonchev–Trinajstić information content (AvgIpc) is 3.07. The Balaban J connectivity index is 2.54. The summed E-state index contributed by atoms with van der Waals surface area (Å²) in [6.07, 6.45) is 4.03. The van der Waals surface area contributed by atoms with Gasteiger partial charge in [0.1, 0.15) is 41.7 Å². The molecule has 6 N–H and O–H groups in total. The topological polar surface area (TPSA) is 192 Å². The molecule has 53 heavy (non-hydrogen) atoms. The molecule has 13 nitrogen and oxygen atoms in total. The number of phenols is 1. The molecule has 1 saturated heterocycles. The van der Waals surface area contributed by atoms with Crippen molar-refractivity contribution in [1.82, 2.24) is 26.6 Å². The molecule has 5 amide bonds. The van der Waals surface area contributed by atoms with Crippen LogP contribution >= 0.6 is 0 Å². The lowest BCUT2D eigenvalue weighted by atomic mass is 9.87. The predicted octanol–water partition coefficient (Wildman–Crippen LogP) is 4.03. The van der Waals surface area contributed by atoms with Gasteiger partial charge >= 0.3 is 5.97 Å².